The van der Waals surface area contributed by atoms with Crippen molar-refractivity contribution in [2.45, 2.75) is 38.5 Å². The molecule has 0 aliphatic carbocycles. The predicted octanol–water partition coefficient (Wildman–Crippen LogP) is 13.5. The van der Waals surface area contributed by atoms with Crippen molar-refractivity contribution in [3.63, 3.8) is 0 Å². The van der Waals surface area contributed by atoms with E-state index in [1.807, 2.05) is 60.9 Å². The number of hydrogen-bond donors (Lipinski definition) is 0. The van der Waals surface area contributed by atoms with Crippen LogP contribution in [-0.4, -0.2) is 29.1 Å². The molecule has 310 valence electrons. The van der Waals surface area contributed by atoms with Crippen LogP contribution in [0.15, 0.2) is 181 Å². The molecule has 7 heterocycles. The van der Waals surface area contributed by atoms with Gasteiger partial charge < -0.3 is 18.5 Å². The first-order valence-electron chi connectivity index (χ1n) is 21.6. The van der Waals surface area contributed by atoms with E-state index in [2.05, 4.69) is 134 Å². The van der Waals surface area contributed by atoms with E-state index in [4.69, 9.17) is 14.4 Å². The standard InChI is InChI=1S/C40H32N4.C16H9N2O.Ir/c1(3-13-29-23-25-39(41-27-29)43-35-19-9-5-15-31(35)32-16-6-10-20-36(32)43)2-4-14-30-24-26-40(42-28-30)44-37-21-11-7-17-33(37)34-18-8-12-22-38(34)44;1-2-8-18-14(6-1)13-5-3-4-12-11-7-9-17-10-15(11)19-16(12)13;/h5-12,15-19,21,23-28H,1-4,13-14H2;1-4,6-10H;/q-2;-1;+3. The summed E-state index contributed by atoms with van der Waals surface area (Å²) in [4.78, 5) is 18.2. The van der Waals surface area contributed by atoms with Crippen LogP contribution in [0.3, 0.4) is 0 Å². The van der Waals surface area contributed by atoms with E-state index in [9.17, 15) is 0 Å². The van der Waals surface area contributed by atoms with Crippen molar-refractivity contribution in [1.82, 2.24) is 29.1 Å². The summed E-state index contributed by atoms with van der Waals surface area (Å²) in [6, 6.07) is 59.9. The van der Waals surface area contributed by atoms with Gasteiger partial charge >= 0.3 is 20.1 Å². The summed E-state index contributed by atoms with van der Waals surface area (Å²) in [5, 5.41) is 7.02. The Morgan fingerprint density at radius 1 is 0.453 bits per heavy atom. The van der Waals surface area contributed by atoms with E-state index in [1.54, 1.807) is 18.6 Å². The molecule has 0 aliphatic heterocycles. The van der Waals surface area contributed by atoms with Gasteiger partial charge in [-0.2, -0.15) is 48.5 Å². The fraction of sp³-hybridized carbons (Fsp3) is 0.107. The third-order valence-corrected chi connectivity index (χ3v) is 11.9. The van der Waals surface area contributed by atoms with Crippen molar-refractivity contribution in [1.29, 1.82) is 0 Å². The molecule has 64 heavy (non-hydrogen) atoms. The molecular formula is C56H41IrN6O. The van der Waals surface area contributed by atoms with E-state index < -0.39 is 0 Å². The Kier molecular flexibility index (Phi) is 11.6. The topological polar surface area (TPSA) is 74.6 Å². The molecule has 0 radical (unpaired) electrons. The van der Waals surface area contributed by atoms with Crippen molar-refractivity contribution in [3.05, 3.63) is 206 Å². The van der Waals surface area contributed by atoms with Gasteiger partial charge in [0.05, 0.1) is 11.8 Å². The summed E-state index contributed by atoms with van der Waals surface area (Å²) >= 11 is 0. The Balaban J connectivity index is 0.000000202. The summed E-state index contributed by atoms with van der Waals surface area (Å²) in [7, 11) is 0. The summed E-state index contributed by atoms with van der Waals surface area (Å²) in [5.74, 6) is 1.89. The maximum Gasteiger partial charge on any atom is 3.00 e. The predicted molar refractivity (Wildman–Crippen MR) is 254 cm³/mol. The van der Waals surface area contributed by atoms with Gasteiger partial charge in [0.1, 0.15) is 17.2 Å². The van der Waals surface area contributed by atoms with Gasteiger partial charge in [-0.15, -0.1) is 29.0 Å². The Hall–Kier alpha value is -7.25. The summed E-state index contributed by atoms with van der Waals surface area (Å²) in [6.45, 7) is 0. The van der Waals surface area contributed by atoms with Crippen molar-refractivity contribution >= 4 is 65.6 Å². The van der Waals surface area contributed by atoms with Crippen LogP contribution in [0, 0.1) is 18.2 Å². The summed E-state index contributed by atoms with van der Waals surface area (Å²) < 4.78 is 10.3. The maximum absolute atomic E-state index is 5.90. The fourth-order valence-corrected chi connectivity index (χ4v) is 8.87. The zero-order valence-electron chi connectivity index (χ0n) is 34.9. The molecule has 5 aromatic carbocycles. The van der Waals surface area contributed by atoms with Gasteiger partial charge in [-0.3, -0.25) is 4.98 Å². The van der Waals surface area contributed by atoms with Crippen LogP contribution < -0.4 is 0 Å². The molecule has 0 amide bonds. The minimum atomic E-state index is 0. The Bertz CT molecular complexity index is 3250. The number of fused-ring (bicyclic) bond motifs is 9. The van der Waals surface area contributed by atoms with Crippen LogP contribution >= 0.6 is 0 Å². The van der Waals surface area contributed by atoms with E-state index in [0.717, 1.165) is 68.7 Å². The molecule has 0 fully saturated rings. The molecule has 7 aromatic heterocycles. The molecule has 12 aromatic rings. The van der Waals surface area contributed by atoms with Gasteiger partial charge in [0, 0.05) is 41.2 Å². The van der Waals surface area contributed by atoms with E-state index >= 15 is 0 Å². The molecule has 0 N–H and O–H groups in total. The second kappa shape index (κ2) is 18.2. The van der Waals surface area contributed by atoms with E-state index in [0.29, 0.717) is 0 Å². The Labute approximate surface area is 384 Å². The molecule has 12 rings (SSSR count). The molecule has 0 spiro atoms. The van der Waals surface area contributed by atoms with E-state index in [-0.39, 0.29) is 20.1 Å². The molecule has 7 nitrogen and oxygen atoms in total. The van der Waals surface area contributed by atoms with Gasteiger partial charge in [0.15, 0.2) is 0 Å². The molecule has 0 unspecified atom stereocenters. The van der Waals surface area contributed by atoms with Crippen LogP contribution in [0.1, 0.15) is 36.8 Å². The maximum atomic E-state index is 5.90. The zero-order chi connectivity index (χ0) is 42.0. The fourth-order valence-electron chi connectivity index (χ4n) is 8.87. The van der Waals surface area contributed by atoms with Crippen molar-refractivity contribution < 1.29 is 24.5 Å². The average Bonchev–Trinajstić information content (AvgIpc) is 4.02. The smallest absolute Gasteiger partial charge is 0.499 e. The summed E-state index contributed by atoms with van der Waals surface area (Å²) in [6.07, 6.45) is 16.2. The van der Waals surface area contributed by atoms with E-state index in [1.165, 1.54) is 69.4 Å². The molecular weight excluding hydrogens is 965 g/mol. The Morgan fingerprint density at radius 3 is 1.62 bits per heavy atom. The van der Waals surface area contributed by atoms with Crippen molar-refractivity contribution in [3.8, 4) is 22.9 Å². The largest absolute Gasteiger partial charge is 3.00 e. The van der Waals surface area contributed by atoms with Gasteiger partial charge in [0.2, 0.25) is 0 Å². The minimum Gasteiger partial charge on any atom is -0.499 e. The molecule has 0 saturated carbocycles. The molecule has 0 saturated heterocycles. The zero-order valence-corrected chi connectivity index (χ0v) is 37.3. The second-order valence-electron chi connectivity index (χ2n) is 15.8. The SMILES string of the molecule is [Ir+3].[c-]1ccc2c(oc3cnccc32)c1-c1ccccn1.[c-]1cccc2c3ccccc3n(-c3ccc(CCCCCCc4ccc(-n5c6[c-]cccc6c6ccccc65)nc4)cn3)c12. The average molecular weight is 1010 g/mol. The molecule has 8 heteroatoms. The van der Waals surface area contributed by atoms with Gasteiger partial charge in [-0.1, -0.05) is 95.5 Å². The first-order valence-corrected chi connectivity index (χ1v) is 21.6. The third kappa shape index (κ3) is 7.76. The number of aryl methyl sites for hydroxylation is 2. The first kappa shape index (κ1) is 40.8. The molecule has 0 aliphatic rings. The third-order valence-electron chi connectivity index (χ3n) is 11.9. The van der Waals surface area contributed by atoms with Gasteiger partial charge in [-0.25, -0.2) is 9.97 Å². The van der Waals surface area contributed by atoms with Gasteiger partial charge in [-0.05, 0) is 89.7 Å². The first-order chi connectivity index (χ1) is 31.3. The van der Waals surface area contributed by atoms with Crippen LogP contribution in [0.2, 0.25) is 0 Å². The molecule has 0 atom stereocenters. The van der Waals surface area contributed by atoms with Crippen LogP contribution in [0.4, 0.5) is 0 Å². The number of para-hydroxylation sites is 4. The number of benzene rings is 5. The number of hydrogen-bond acceptors (Lipinski definition) is 5. The van der Waals surface area contributed by atoms with Crippen molar-refractivity contribution in [2.24, 2.45) is 0 Å². The normalized spacial score (nSPS) is 11.4. The number of furan rings is 1. The number of pyridine rings is 4. The quantitative estimate of drug-likeness (QED) is 0.101. The minimum absolute atomic E-state index is 0. The number of unbranched alkanes of at least 4 members (excludes halogenated alkanes) is 3. The van der Waals surface area contributed by atoms with Crippen LogP contribution in [0.5, 0.6) is 0 Å². The monoisotopic (exact) mass is 1010 g/mol. The second-order valence-corrected chi connectivity index (χ2v) is 15.8. The van der Waals surface area contributed by atoms with Crippen LogP contribution in [0.25, 0.3) is 88.4 Å². The molecule has 0 bridgehead atoms. The Morgan fingerprint density at radius 2 is 1.05 bits per heavy atom. The summed E-state index contributed by atoms with van der Waals surface area (Å²) in [5.41, 5.74) is 10.4. The number of rotatable bonds is 10. The number of aromatic nitrogens is 6. The van der Waals surface area contributed by atoms with Crippen LogP contribution in [-0.2, 0) is 32.9 Å². The van der Waals surface area contributed by atoms with Gasteiger partial charge in [0.25, 0.3) is 0 Å². The number of nitrogens with zero attached hydrogens (tertiary/aromatic N) is 6. The van der Waals surface area contributed by atoms with Crippen molar-refractivity contribution in [2.75, 3.05) is 0 Å².